The standard InChI is InChI=1S/C23H24Cl2FN3O3/c1-5-9-29(10-6-2)20-13-17(24)16(12-19(20)26)23(31)28-27-22(30)15-7-8-21(18(25)11-15)32-14(3)4/h5-8,11-14H,1-2,9-10H2,3-4H3,(H,27,30)(H,28,31). The fourth-order valence-corrected chi connectivity index (χ4v) is 3.25. The molecule has 6 nitrogen and oxygen atoms in total. The van der Waals surface area contributed by atoms with Crippen molar-refractivity contribution in [3.05, 3.63) is 82.6 Å². The first-order chi connectivity index (χ1) is 15.2. The number of hydrazine groups is 1. The van der Waals surface area contributed by atoms with Gasteiger partial charge in [-0.15, -0.1) is 13.2 Å². The van der Waals surface area contributed by atoms with Crippen LogP contribution in [0.15, 0.2) is 55.6 Å². The van der Waals surface area contributed by atoms with Crippen LogP contribution in [0.4, 0.5) is 10.1 Å². The number of nitrogens with one attached hydrogen (secondary N) is 2. The Kier molecular flexibility index (Phi) is 9.11. The van der Waals surface area contributed by atoms with Crippen LogP contribution >= 0.6 is 23.2 Å². The summed E-state index contributed by atoms with van der Waals surface area (Å²) in [6.07, 6.45) is 3.14. The van der Waals surface area contributed by atoms with Crippen LogP contribution in [0.25, 0.3) is 0 Å². The van der Waals surface area contributed by atoms with E-state index in [-0.39, 0.29) is 33.0 Å². The van der Waals surface area contributed by atoms with Crippen molar-refractivity contribution in [2.24, 2.45) is 0 Å². The number of carbonyl (C=O) groups excluding carboxylic acids is 2. The Balaban J connectivity index is 2.11. The Labute approximate surface area is 196 Å². The van der Waals surface area contributed by atoms with E-state index in [1.165, 1.54) is 18.2 Å². The van der Waals surface area contributed by atoms with Crippen LogP contribution in [0.2, 0.25) is 10.0 Å². The van der Waals surface area contributed by atoms with Crippen LogP contribution in [-0.4, -0.2) is 31.0 Å². The molecule has 0 aliphatic heterocycles. The van der Waals surface area contributed by atoms with Crippen molar-refractivity contribution in [2.45, 2.75) is 20.0 Å². The number of nitrogens with zero attached hydrogens (tertiary/aromatic N) is 1. The summed E-state index contributed by atoms with van der Waals surface area (Å²) in [7, 11) is 0. The second-order valence-corrected chi connectivity index (χ2v) is 7.80. The minimum absolute atomic E-state index is 0.0181. The second kappa shape index (κ2) is 11.5. The van der Waals surface area contributed by atoms with Gasteiger partial charge in [0.05, 0.1) is 27.4 Å². The van der Waals surface area contributed by atoms with Gasteiger partial charge in [0.25, 0.3) is 11.8 Å². The lowest BCUT2D eigenvalue weighted by molar-refractivity contribution is 0.0846. The molecule has 0 spiro atoms. The highest BCUT2D eigenvalue weighted by Gasteiger charge is 2.19. The van der Waals surface area contributed by atoms with Gasteiger partial charge in [-0.25, -0.2) is 4.39 Å². The number of hydrogen-bond acceptors (Lipinski definition) is 4. The van der Waals surface area contributed by atoms with E-state index in [0.717, 1.165) is 6.07 Å². The van der Waals surface area contributed by atoms with Gasteiger partial charge < -0.3 is 9.64 Å². The Morgan fingerprint density at radius 1 is 1.06 bits per heavy atom. The Morgan fingerprint density at radius 2 is 1.69 bits per heavy atom. The van der Waals surface area contributed by atoms with Crippen LogP contribution in [-0.2, 0) is 0 Å². The SMILES string of the molecule is C=CCN(CC=C)c1cc(Cl)c(C(=O)NNC(=O)c2ccc(OC(C)C)c(Cl)c2)cc1F. The average molecular weight is 480 g/mol. The number of anilines is 1. The van der Waals surface area contributed by atoms with E-state index in [0.29, 0.717) is 18.8 Å². The maximum absolute atomic E-state index is 14.7. The molecule has 2 aromatic carbocycles. The minimum Gasteiger partial charge on any atom is -0.489 e. The highest BCUT2D eigenvalue weighted by molar-refractivity contribution is 6.34. The number of ether oxygens (including phenoxy) is 1. The lowest BCUT2D eigenvalue weighted by Gasteiger charge is -2.23. The molecule has 0 aromatic heterocycles. The maximum atomic E-state index is 14.7. The molecular formula is C23H24Cl2FN3O3. The number of halogens is 3. The zero-order chi connectivity index (χ0) is 23.8. The maximum Gasteiger partial charge on any atom is 0.271 e. The van der Waals surface area contributed by atoms with E-state index in [9.17, 15) is 14.0 Å². The highest BCUT2D eigenvalue weighted by Crippen LogP contribution is 2.28. The lowest BCUT2D eigenvalue weighted by Crippen LogP contribution is -2.41. The first-order valence-corrected chi connectivity index (χ1v) is 10.5. The first kappa shape index (κ1) is 25.2. The Hall–Kier alpha value is -3.03. The summed E-state index contributed by atoms with van der Waals surface area (Å²) in [5.74, 6) is -1.61. The molecule has 0 radical (unpaired) electrons. The lowest BCUT2D eigenvalue weighted by atomic mass is 10.1. The van der Waals surface area contributed by atoms with E-state index >= 15 is 0 Å². The van der Waals surface area contributed by atoms with Gasteiger partial charge in [0.1, 0.15) is 11.6 Å². The number of amides is 2. The summed E-state index contributed by atoms with van der Waals surface area (Å²) >= 11 is 12.3. The summed E-state index contributed by atoms with van der Waals surface area (Å²) in [6, 6.07) is 6.82. The minimum atomic E-state index is -0.779. The molecule has 2 amide bonds. The van der Waals surface area contributed by atoms with E-state index in [1.54, 1.807) is 23.1 Å². The molecule has 170 valence electrons. The summed E-state index contributed by atoms with van der Waals surface area (Å²) in [4.78, 5) is 26.5. The van der Waals surface area contributed by atoms with E-state index in [2.05, 4.69) is 24.0 Å². The molecule has 0 aliphatic carbocycles. The van der Waals surface area contributed by atoms with Crippen molar-refractivity contribution in [3.63, 3.8) is 0 Å². The van der Waals surface area contributed by atoms with E-state index in [4.69, 9.17) is 27.9 Å². The molecule has 0 aliphatic rings. The van der Waals surface area contributed by atoms with Crippen molar-refractivity contribution in [1.82, 2.24) is 10.9 Å². The molecule has 0 heterocycles. The third kappa shape index (κ3) is 6.48. The zero-order valence-electron chi connectivity index (χ0n) is 17.8. The van der Waals surface area contributed by atoms with E-state index < -0.39 is 17.6 Å². The van der Waals surface area contributed by atoms with Crippen LogP contribution in [0.1, 0.15) is 34.6 Å². The third-order valence-electron chi connectivity index (χ3n) is 4.17. The normalized spacial score (nSPS) is 10.4. The highest BCUT2D eigenvalue weighted by atomic mass is 35.5. The van der Waals surface area contributed by atoms with Crippen LogP contribution in [0.3, 0.4) is 0 Å². The summed E-state index contributed by atoms with van der Waals surface area (Å²) < 4.78 is 20.2. The first-order valence-electron chi connectivity index (χ1n) is 9.70. The Morgan fingerprint density at radius 3 is 2.25 bits per heavy atom. The third-order valence-corrected chi connectivity index (χ3v) is 4.78. The van der Waals surface area contributed by atoms with Gasteiger partial charge in [0.2, 0.25) is 0 Å². The molecule has 0 saturated heterocycles. The predicted octanol–water partition coefficient (Wildman–Crippen LogP) is 5.17. The average Bonchev–Trinajstić information content (AvgIpc) is 2.74. The van der Waals surface area contributed by atoms with Crippen molar-refractivity contribution >= 4 is 40.7 Å². The monoisotopic (exact) mass is 479 g/mol. The summed E-state index contributed by atoms with van der Waals surface area (Å²) in [5, 5.41) is 0.270. The molecule has 2 N–H and O–H groups in total. The van der Waals surface area contributed by atoms with Gasteiger partial charge in [-0.1, -0.05) is 35.4 Å². The molecule has 0 atom stereocenters. The number of benzene rings is 2. The van der Waals surface area contributed by atoms with Crippen molar-refractivity contribution < 1.29 is 18.7 Å². The Bertz CT molecular complexity index is 1020. The van der Waals surface area contributed by atoms with Gasteiger partial charge in [-0.2, -0.15) is 0 Å². The fourth-order valence-electron chi connectivity index (χ4n) is 2.78. The number of carbonyl (C=O) groups is 2. The van der Waals surface area contributed by atoms with Gasteiger partial charge in [-0.3, -0.25) is 20.4 Å². The number of hydrogen-bond donors (Lipinski definition) is 2. The molecular weight excluding hydrogens is 456 g/mol. The predicted molar refractivity (Wildman–Crippen MR) is 126 cm³/mol. The molecule has 0 saturated carbocycles. The zero-order valence-corrected chi connectivity index (χ0v) is 19.3. The molecule has 0 fully saturated rings. The topological polar surface area (TPSA) is 70.7 Å². The van der Waals surface area contributed by atoms with Gasteiger partial charge in [0, 0.05) is 18.7 Å². The van der Waals surface area contributed by atoms with E-state index in [1.807, 2.05) is 13.8 Å². The summed E-state index contributed by atoms with van der Waals surface area (Å²) in [5.41, 5.74) is 4.74. The van der Waals surface area contributed by atoms with Gasteiger partial charge >= 0.3 is 0 Å². The van der Waals surface area contributed by atoms with Gasteiger partial charge in [-0.05, 0) is 44.2 Å². The molecule has 0 bridgehead atoms. The smallest absolute Gasteiger partial charge is 0.271 e. The molecule has 32 heavy (non-hydrogen) atoms. The fraction of sp³-hybridized carbons (Fsp3) is 0.217. The molecule has 2 aromatic rings. The molecule has 0 unspecified atom stereocenters. The van der Waals surface area contributed by atoms with Crippen LogP contribution in [0, 0.1) is 5.82 Å². The van der Waals surface area contributed by atoms with Crippen LogP contribution in [0.5, 0.6) is 5.75 Å². The molecule has 2 rings (SSSR count). The molecule has 9 heteroatoms. The van der Waals surface area contributed by atoms with Crippen molar-refractivity contribution in [2.75, 3.05) is 18.0 Å². The van der Waals surface area contributed by atoms with Crippen LogP contribution < -0.4 is 20.5 Å². The van der Waals surface area contributed by atoms with Crippen molar-refractivity contribution in [1.29, 1.82) is 0 Å². The van der Waals surface area contributed by atoms with Crippen molar-refractivity contribution in [3.8, 4) is 5.75 Å². The quantitative estimate of drug-likeness (QED) is 0.384. The number of rotatable bonds is 9. The van der Waals surface area contributed by atoms with Gasteiger partial charge in [0.15, 0.2) is 0 Å². The summed E-state index contributed by atoms with van der Waals surface area (Å²) in [6.45, 7) is 11.7. The largest absolute Gasteiger partial charge is 0.489 e. The second-order valence-electron chi connectivity index (χ2n) is 6.99.